The van der Waals surface area contributed by atoms with E-state index < -0.39 is 10.0 Å². The van der Waals surface area contributed by atoms with E-state index in [1.807, 2.05) is 6.07 Å². The first-order valence-electron chi connectivity index (χ1n) is 4.57. The summed E-state index contributed by atoms with van der Waals surface area (Å²) in [6.07, 6.45) is 2.08. The molecule has 84 valence electrons. The van der Waals surface area contributed by atoms with Gasteiger partial charge in [-0.1, -0.05) is 6.07 Å². The number of sulfonamides is 1. The fourth-order valence-corrected chi connectivity index (χ4v) is 2.33. The number of halogens is 1. The topological polar surface area (TPSA) is 59.1 Å². The van der Waals surface area contributed by atoms with Crippen molar-refractivity contribution >= 4 is 21.6 Å². The minimum atomic E-state index is -3.22. The van der Waals surface area contributed by atoms with E-state index in [-0.39, 0.29) is 12.3 Å². The van der Waals surface area contributed by atoms with Crippen molar-refractivity contribution in [2.75, 3.05) is 11.6 Å². The van der Waals surface area contributed by atoms with Crippen LogP contribution in [0, 0.1) is 0 Å². The fourth-order valence-electron chi connectivity index (χ4n) is 1.00. The van der Waals surface area contributed by atoms with Gasteiger partial charge in [0, 0.05) is 12.1 Å². The summed E-state index contributed by atoms with van der Waals surface area (Å²) in [6, 6.07) is 5.37. The van der Waals surface area contributed by atoms with Gasteiger partial charge in [0.1, 0.15) is 0 Å². The van der Waals surface area contributed by atoms with E-state index in [1.165, 1.54) is 0 Å². The van der Waals surface area contributed by atoms with E-state index in [0.29, 0.717) is 18.0 Å². The smallest absolute Gasteiger partial charge is 0.211 e. The van der Waals surface area contributed by atoms with Crippen LogP contribution in [0.5, 0.6) is 0 Å². The molecule has 1 N–H and O–H groups in total. The van der Waals surface area contributed by atoms with Crippen molar-refractivity contribution in [3.8, 4) is 0 Å². The van der Waals surface area contributed by atoms with E-state index in [9.17, 15) is 8.42 Å². The molecule has 4 nitrogen and oxygen atoms in total. The molecule has 0 atom stereocenters. The largest absolute Gasteiger partial charge is 0.260 e. The van der Waals surface area contributed by atoms with Crippen molar-refractivity contribution in [3.63, 3.8) is 0 Å². The second kappa shape index (κ2) is 6.05. The Kier molecular flexibility index (Phi) is 5.01. The van der Waals surface area contributed by atoms with E-state index in [0.717, 1.165) is 0 Å². The molecule has 15 heavy (non-hydrogen) atoms. The van der Waals surface area contributed by atoms with Crippen molar-refractivity contribution in [2.24, 2.45) is 0 Å². The third kappa shape index (κ3) is 5.11. The zero-order valence-corrected chi connectivity index (χ0v) is 9.76. The second-order valence-electron chi connectivity index (χ2n) is 3.00. The summed E-state index contributed by atoms with van der Waals surface area (Å²) in [5, 5.41) is 0. The quantitative estimate of drug-likeness (QED) is 0.768. The van der Waals surface area contributed by atoms with Crippen molar-refractivity contribution in [3.05, 3.63) is 30.1 Å². The Balaban J connectivity index is 2.43. The molecule has 1 rings (SSSR count). The monoisotopic (exact) mass is 248 g/mol. The summed E-state index contributed by atoms with van der Waals surface area (Å²) in [4.78, 5) is 4.01. The maximum atomic E-state index is 11.4. The van der Waals surface area contributed by atoms with Crippen LogP contribution in [0.4, 0.5) is 0 Å². The number of alkyl halides is 1. The van der Waals surface area contributed by atoms with Crippen LogP contribution >= 0.6 is 11.6 Å². The predicted octanol–water partition coefficient (Wildman–Crippen LogP) is 1.13. The molecule has 0 spiro atoms. The van der Waals surface area contributed by atoms with E-state index >= 15 is 0 Å². The Hall–Kier alpha value is -0.650. The third-order valence-corrected chi connectivity index (χ3v) is 3.42. The van der Waals surface area contributed by atoms with Gasteiger partial charge in [0.15, 0.2) is 0 Å². The number of hydrogen-bond acceptors (Lipinski definition) is 3. The lowest BCUT2D eigenvalue weighted by molar-refractivity contribution is 0.579. The van der Waals surface area contributed by atoms with Crippen molar-refractivity contribution in [1.82, 2.24) is 9.71 Å². The van der Waals surface area contributed by atoms with Crippen LogP contribution < -0.4 is 4.72 Å². The van der Waals surface area contributed by atoms with Gasteiger partial charge in [-0.15, -0.1) is 11.6 Å². The van der Waals surface area contributed by atoms with Crippen LogP contribution in [-0.2, 0) is 16.6 Å². The molecular weight excluding hydrogens is 236 g/mol. The lowest BCUT2D eigenvalue weighted by Crippen LogP contribution is -2.26. The predicted molar refractivity (Wildman–Crippen MR) is 60.2 cm³/mol. The van der Waals surface area contributed by atoms with E-state index in [1.54, 1.807) is 18.3 Å². The maximum absolute atomic E-state index is 11.4. The van der Waals surface area contributed by atoms with Crippen LogP contribution in [0.25, 0.3) is 0 Å². The molecule has 6 heteroatoms. The highest BCUT2D eigenvalue weighted by molar-refractivity contribution is 7.89. The first-order chi connectivity index (χ1) is 7.14. The molecule has 0 aliphatic heterocycles. The maximum Gasteiger partial charge on any atom is 0.211 e. The molecule has 0 saturated carbocycles. The second-order valence-corrected chi connectivity index (χ2v) is 5.31. The summed E-state index contributed by atoms with van der Waals surface area (Å²) in [5.41, 5.74) is 0.701. The molecule has 0 unspecified atom stereocenters. The summed E-state index contributed by atoms with van der Waals surface area (Å²) < 4.78 is 25.2. The number of aromatic nitrogens is 1. The average molecular weight is 249 g/mol. The van der Waals surface area contributed by atoms with Gasteiger partial charge in [0.2, 0.25) is 10.0 Å². The molecule has 0 radical (unpaired) electrons. The number of nitrogens with one attached hydrogen (secondary N) is 1. The van der Waals surface area contributed by atoms with Gasteiger partial charge >= 0.3 is 0 Å². The summed E-state index contributed by atoms with van der Waals surface area (Å²) in [6.45, 7) is 0.228. The molecule has 0 saturated heterocycles. The first-order valence-corrected chi connectivity index (χ1v) is 6.76. The Labute approximate surface area is 94.7 Å². The van der Waals surface area contributed by atoms with Gasteiger partial charge < -0.3 is 0 Å². The average Bonchev–Trinajstić information content (AvgIpc) is 2.25. The Morgan fingerprint density at radius 1 is 1.40 bits per heavy atom. The molecule has 1 aromatic heterocycles. The fraction of sp³-hybridized carbons (Fsp3) is 0.444. The number of hydrogen-bond donors (Lipinski definition) is 1. The summed E-state index contributed by atoms with van der Waals surface area (Å²) in [7, 11) is -3.22. The number of nitrogens with zero attached hydrogens (tertiary/aromatic N) is 1. The van der Waals surface area contributed by atoms with Gasteiger partial charge in [0.25, 0.3) is 0 Å². The lowest BCUT2D eigenvalue weighted by atomic mass is 10.4. The Bertz CT molecular complexity index is 380. The van der Waals surface area contributed by atoms with Crippen LogP contribution in [0.3, 0.4) is 0 Å². The molecule has 0 bridgehead atoms. The highest BCUT2D eigenvalue weighted by Crippen LogP contribution is 1.96. The van der Waals surface area contributed by atoms with Gasteiger partial charge in [-0.05, 0) is 18.6 Å². The molecule has 0 aliphatic carbocycles. The Morgan fingerprint density at radius 3 is 2.80 bits per heavy atom. The van der Waals surface area contributed by atoms with Crippen molar-refractivity contribution in [1.29, 1.82) is 0 Å². The lowest BCUT2D eigenvalue weighted by Gasteiger charge is -2.04. The van der Waals surface area contributed by atoms with Crippen LogP contribution in [0.1, 0.15) is 12.1 Å². The zero-order valence-electron chi connectivity index (χ0n) is 8.19. The van der Waals surface area contributed by atoms with Gasteiger partial charge in [-0.25, -0.2) is 13.1 Å². The SMILES string of the molecule is O=S(=O)(CCCCl)NCc1ccccn1. The molecule has 0 aromatic carbocycles. The van der Waals surface area contributed by atoms with Crippen LogP contribution in [0.2, 0.25) is 0 Å². The molecule has 0 aliphatic rings. The summed E-state index contributed by atoms with van der Waals surface area (Å²) in [5.74, 6) is 0.411. The van der Waals surface area contributed by atoms with Gasteiger partial charge in [0.05, 0.1) is 18.0 Å². The van der Waals surface area contributed by atoms with Crippen molar-refractivity contribution < 1.29 is 8.42 Å². The third-order valence-electron chi connectivity index (χ3n) is 1.75. The number of rotatable bonds is 6. The van der Waals surface area contributed by atoms with E-state index in [4.69, 9.17) is 11.6 Å². The normalized spacial score (nSPS) is 11.5. The minimum absolute atomic E-state index is 0.0589. The minimum Gasteiger partial charge on any atom is -0.260 e. The molecule has 1 heterocycles. The van der Waals surface area contributed by atoms with Gasteiger partial charge in [-0.2, -0.15) is 0 Å². The standard InChI is InChI=1S/C9H13ClN2O2S/c10-5-3-7-15(13,14)12-8-9-4-1-2-6-11-9/h1-2,4,6,12H,3,5,7-8H2. The molecule has 1 aromatic rings. The first kappa shape index (κ1) is 12.4. The summed E-state index contributed by atoms with van der Waals surface area (Å²) >= 11 is 5.42. The molecule has 0 fully saturated rings. The van der Waals surface area contributed by atoms with E-state index in [2.05, 4.69) is 9.71 Å². The Morgan fingerprint density at radius 2 is 2.20 bits per heavy atom. The molecular formula is C9H13ClN2O2S. The van der Waals surface area contributed by atoms with Gasteiger partial charge in [-0.3, -0.25) is 4.98 Å². The number of pyridine rings is 1. The van der Waals surface area contributed by atoms with Crippen LogP contribution in [0.15, 0.2) is 24.4 Å². The van der Waals surface area contributed by atoms with Crippen molar-refractivity contribution in [2.45, 2.75) is 13.0 Å². The highest BCUT2D eigenvalue weighted by Gasteiger charge is 2.08. The zero-order chi connectivity index (χ0) is 11.1. The highest BCUT2D eigenvalue weighted by atomic mass is 35.5. The van der Waals surface area contributed by atoms with Crippen LogP contribution in [-0.4, -0.2) is 25.0 Å². The molecule has 0 amide bonds.